The Balaban J connectivity index is 1.88. The lowest BCUT2D eigenvalue weighted by atomic mass is 10.1. The van der Waals surface area contributed by atoms with E-state index in [2.05, 4.69) is 22.0 Å². The van der Waals surface area contributed by atoms with E-state index in [-0.39, 0.29) is 5.92 Å². The second kappa shape index (κ2) is 8.55. The molecule has 0 aliphatic carbocycles. The highest BCUT2D eigenvalue weighted by Crippen LogP contribution is 2.12. The molecule has 5 nitrogen and oxygen atoms in total. The van der Waals surface area contributed by atoms with Crippen LogP contribution in [0, 0.1) is 12.8 Å². The number of rotatable bonds is 7. The van der Waals surface area contributed by atoms with E-state index < -0.39 is 6.10 Å². The fourth-order valence-corrected chi connectivity index (χ4v) is 2.31. The Kier molecular flexibility index (Phi) is 6.44. The van der Waals surface area contributed by atoms with E-state index in [4.69, 9.17) is 4.84 Å². The Morgan fingerprint density at radius 2 is 1.92 bits per heavy atom. The van der Waals surface area contributed by atoms with E-state index in [0.29, 0.717) is 12.3 Å². The first kappa shape index (κ1) is 18.1. The Morgan fingerprint density at radius 1 is 1.17 bits per heavy atom. The molecule has 2 rings (SSSR count). The zero-order chi connectivity index (χ0) is 17.5. The predicted octanol–water partition coefficient (Wildman–Crippen LogP) is 3.46. The minimum atomic E-state index is -0.550. The van der Waals surface area contributed by atoms with Crippen molar-refractivity contribution in [2.45, 2.75) is 40.2 Å². The lowest BCUT2D eigenvalue weighted by Crippen LogP contribution is -2.10. The summed E-state index contributed by atoms with van der Waals surface area (Å²) in [7, 11) is 0. The van der Waals surface area contributed by atoms with Crippen molar-refractivity contribution >= 4 is 5.71 Å². The van der Waals surface area contributed by atoms with E-state index in [1.54, 1.807) is 6.92 Å². The standard InChI is InChI=1S/C19H25N3O2/c1-13(11-17-8-6-10-19(21-17)16(4)23)12-24-22-15(3)18-9-5-7-14(2)20-18/h5-10,13,16,23H,11-12H2,1-4H3. The second-order valence-corrected chi connectivity index (χ2v) is 6.18. The van der Waals surface area contributed by atoms with Crippen LogP contribution >= 0.6 is 0 Å². The maximum atomic E-state index is 9.60. The first-order chi connectivity index (χ1) is 11.5. The quantitative estimate of drug-likeness (QED) is 0.625. The Labute approximate surface area is 143 Å². The van der Waals surface area contributed by atoms with Crippen molar-refractivity contribution in [3.63, 3.8) is 0 Å². The van der Waals surface area contributed by atoms with Crippen LogP contribution in [0.25, 0.3) is 0 Å². The molecule has 1 N–H and O–H groups in total. The predicted molar refractivity (Wildman–Crippen MR) is 94.9 cm³/mol. The van der Waals surface area contributed by atoms with Gasteiger partial charge in [-0.25, -0.2) is 0 Å². The number of nitrogens with zero attached hydrogens (tertiary/aromatic N) is 3. The third-order valence-electron chi connectivity index (χ3n) is 3.63. The molecule has 2 unspecified atom stereocenters. The van der Waals surface area contributed by atoms with Gasteiger partial charge in [-0.3, -0.25) is 9.97 Å². The van der Waals surface area contributed by atoms with Crippen LogP contribution in [0.15, 0.2) is 41.6 Å². The molecule has 0 saturated carbocycles. The van der Waals surface area contributed by atoms with Crippen molar-refractivity contribution in [3.05, 3.63) is 59.2 Å². The highest BCUT2D eigenvalue weighted by molar-refractivity contribution is 5.96. The van der Waals surface area contributed by atoms with E-state index in [1.165, 1.54) is 0 Å². The molecule has 2 heterocycles. The van der Waals surface area contributed by atoms with Crippen molar-refractivity contribution in [1.82, 2.24) is 9.97 Å². The summed E-state index contributed by atoms with van der Waals surface area (Å²) in [5.74, 6) is 0.267. The largest absolute Gasteiger partial charge is 0.395 e. The molecule has 0 aromatic carbocycles. The Morgan fingerprint density at radius 3 is 2.62 bits per heavy atom. The van der Waals surface area contributed by atoms with Crippen LogP contribution < -0.4 is 0 Å². The summed E-state index contributed by atoms with van der Waals surface area (Å²) in [4.78, 5) is 14.4. The maximum Gasteiger partial charge on any atom is 0.120 e. The number of aromatic nitrogens is 2. The summed E-state index contributed by atoms with van der Waals surface area (Å²) < 4.78 is 0. The number of aryl methyl sites for hydroxylation is 1. The van der Waals surface area contributed by atoms with Gasteiger partial charge in [0.05, 0.1) is 17.5 Å². The van der Waals surface area contributed by atoms with Crippen molar-refractivity contribution in [1.29, 1.82) is 0 Å². The maximum absolute atomic E-state index is 9.60. The molecule has 24 heavy (non-hydrogen) atoms. The summed E-state index contributed by atoms with van der Waals surface area (Å²) in [5.41, 5.74) is 4.19. The molecule has 0 aliphatic heterocycles. The van der Waals surface area contributed by atoms with Gasteiger partial charge < -0.3 is 9.94 Å². The van der Waals surface area contributed by atoms with E-state index in [9.17, 15) is 5.11 Å². The summed E-state index contributed by atoms with van der Waals surface area (Å²) in [5, 5.41) is 13.8. The lowest BCUT2D eigenvalue weighted by Gasteiger charge is -2.11. The average Bonchev–Trinajstić information content (AvgIpc) is 2.55. The molecule has 0 spiro atoms. The topological polar surface area (TPSA) is 67.6 Å². The van der Waals surface area contributed by atoms with Crippen molar-refractivity contribution in [3.8, 4) is 0 Å². The van der Waals surface area contributed by atoms with Crippen molar-refractivity contribution < 1.29 is 9.94 Å². The summed E-state index contributed by atoms with van der Waals surface area (Å²) >= 11 is 0. The van der Waals surface area contributed by atoms with Crippen molar-refractivity contribution in [2.24, 2.45) is 11.1 Å². The molecule has 5 heteroatoms. The van der Waals surface area contributed by atoms with Crippen LogP contribution in [0.5, 0.6) is 0 Å². The van der Waals surface area contributed by atoms with Gasteiger partial charge in [0.25, 0.3) is 0 Å². The van der Waals surface area contributed by atoms with Crippen LogP contribution in [-0.2, 0) is 11.3 Å². The molecule has 0 amide bonds. The van der Waals surface area contributed by atoms with Gasteiger partial charge in [-0.05, 0) is 57.4 Å². The van der Waals surface area contributed by atoms with E-state index in [1.807, 2.05) is 50.2 Å². The normalized spacial score (nSPS) is 14.3. The van der Waals surface area contributed by atoms with Gasteiger partial charge in [-0.2, -0.15) is 0 Å². The number of aliphatic hydroxyl groups excluding tert-OH is 1. The number of pyridine rings is 2. The molecule has 0 aliphatic rings. The molecule has 2 atom stereocenters. The lowest BCUT2D eigenvalue weighted by molar-refractivity contribution is 0.112. The average molecular weight is 327 g/mol. The smallest absolute Gasteiger partial charge is 0.120 e. The number of oxime groups is 1. The summed E-state index contributed by atoms with van der Waals surface area (Å²) in [6, 6.07) is 11.5. The first-order valence-electron chi connectivity index (χ1n) is 8.20. The molecule has 2 aromatic rings. The highest BCUT2D eigenvalue weighted by atomic mass is 16.6. The summed E-state index contributed by atoms with van der Waals surface area (Å²) in [6.45, 7) is 8.15. The fourth-order valence-electron chi connectivity index (χ4n) is 2.31. The fraction of sp³-hybridized carbons (Fsp3) is 0.421. The minimum absolute atomic E-state index is 0.267. The van der Waals surface area contributed by atoms with Gasteiger partial charge in [0.15, 0.2) is 0 Å². The van der Waals surface area contributed by atoms with Gasteiger partial charge >= 0.3 is 0 Å². The minimum Gasteiger partial charge on any atom is -0.395 e. The van der Waals surface area contributed by atoms with Gasteiger partial charge in [-0.15, -0.1) is 0 Å². The van der Waals surface area contributed by atoms with Gasteiger partial charge in [0, 0.05) is 11.4 Å². The first-order valence-corrected chi connectivity index (χ1v) is 8.20. The van der Waals surface area contributed by atoms with E-state index in [0.717, 1.165) is 29.2 Å². The van der Waals surface area contributed by atoms with Crippen LogP contribution in [0.4, 0.5) is 0 Å². The highest BCUT2D eigenvalue weighted by Gasteiger charge is 2.09. The molecule has 0 bridgehead atoms. The monoisotopic (exact) mass is 327 g/mol. The zero-order valence-corrected chi connectivity index (χ0v) is 14.7. The summed E-state index contributed by atoms with van der Waals surface area (Å²) in [6.07, 6.45) is 0.225. The second-order valence-electron chi connectivity index (χ2n) is 6.18. The van der Waals surface area contributed by atoms with Gasteiger partial charge in [0.1, 0.15) is 12.3 Å². The molecule has 0 fully saturated rings. The van der Waals surface area contributed by atoms with Crippen LogP contribution in [0.3, 0.4) is 0 Å². The number of hydrogen-bond donors (Lipinski definition) is 1. The number of aliphatic hydroxyl groups is 1. The third kappa shape index (κ3) is 5.42. The molecule has 0 saturated heterocycles. The number of hydrogen-bond acceptors (Lipinski definition) is 5. The Bertz CT molecular complexity index is 699. The molecular formula is C19H25N3O2. The van der Waals surface area contributed by atoms with Gasteiger partial charge in [-0.1, -0.05) is 24.2 Å². The molecule has 0 radical (unpaired) electrons. The molecular weight excluding hydrogens is 302 g/mol. The van der Waals surface area contributed by atoms with Gasteiger partial charge in [0.2, 0.25) is 0 Å². The SMILES string of the molecule is CC(=NOCC(C)Cc1cccc(C(C)O)n1)c1cccc(C)n1. The molecule has 128 valence electrons. The third-order valence-corrected chi connectivity index (χ3v) is 3.63. The molecule has 2 aromatic heterocycles. The van der Waals surface area contributed by atoms with E-state index >= 15 is 0 Å². The zero-order valence-electron chi connectivity index (χ0n) is 14.7. The Hall–Kier alpha value is -2.27. The van der Waals surface area contributed by atoms with Crippen LogP contribution in [0.1, 0.15) is 49.7 Å². The van der Waals surface area contributed by atoms with Crippen LogP contribution in [-0.4, -0.2) is 27.4 Å². The van der Waals surface area contributed by atoms with Crippen molar-refractivity contribution in [2.75, 3.05) is 6.61 Å². The van der Waals surface area contributed by atoms with Crippen LogP contribution in [0.2, 0.25) is 0 Å².